The molecule has 0 N–H and O–H groups in total. The summed E-state index contributed by atoms with van der Waals surface area (Å²) in [5.41, 5.74) is 2.56. The topological polar surface area (TPSA) is 88.5 Å². The number of benzene rings is 2. The highest BCUT2D eigenvalue weighted by Crippen LogP contribution is 2.34. The van der Waals surface area contributed by atoms with Crippen LogP contribution in [0.4, 0.5) is 6.01 Å². The van der Waals surface area contributed by atoms with E-state index in [1.54, 1.807) is 6.20 Å². The molecule has 0 atom stereocenters. The third-order valence-corrected chi connectivity index (χ3v) is 7.39. The fraction of sp³-hybridized carbons (Fsp3) is 0.308. The first-order valence-corrected chi connectivity index (χ1v) is 12.9. The molecular formula is C26H24IN5O3. The van der Waals surface area contributed by atoms with Gasteiger partial charge in [0.25, 0.3) is 5.91 Å². The zero-order valence-corrected chi connectivity index (χ0v) is 21.2. The molecule has 0 unspecified atom stereocenters. The van der Waals surface area contributed by atoms with Crippen LogP contribution < -0.4 is 4.90 Å². The van der Waals surface area contributed by atoms with Crippen molar-refractivity contribution in [2.75, 3.05) is 18.0 Å². The van der Waals surface area contributed by atoms with Gasteiger partial charge in [-0.1, -0.05) is 29.4 Å². The van der Waals surface area contributed by atoms with Crippen molar-refractivity contribution in [1.29, 1.82) is 0 Å². The molecule has 0 bridgehead atoms. The molecule has 4 aromatic rings. The molecule has 35 heavy (non-hydrogen) atoms. The summed E-state index contributed by atoms with van der Waals surface area (Å²) < 4.78 is 12.1. The van der Waals surface area contributed by atoms with Gasteiger partial charge < -0.3 is 18.7 Å². The van der Waals surface area contributed by atoms with Gasteiger partial charge in [0.1, 0.15) is 0 Å². The summed E-state index contributed by atoms with van der Waals surface area (Å²) in [5.74, 6) is 1.40. The summed E-state index contributed by atoms with van der Waals surface area (Å²) in [7, 11) is 0. The van der Waals surface area contributed by atoms with Gasteiger partial charge in [-0.3, -0.25) is 4.79 Å². The first-order chi connectivity index (χ1) is 17.2. The quantitative estimate of drug-likeness (QED) is 0.287. The molecule has 0 spiro atoms. The van der Waals surface area contributed by atoms with E-state index < -0.39 is 0 Å². The first kappa shape index (κ1) is 22.3. The van der Waals surface area contributed by atoms with Crippen molar-refractivity contribution >= 4 is 34.5 Å². The second-order valence-electron chi connectivity index (χ2n) is 9.01. The van der Waals surface area contributed by atoms with Crippen LogP contribution in [0.3, 0.4) is 0 Å². The molecular weight excluding hydrogens is 557 g/mol. The third-order valence-electron chi connectivity index (χ3n) is 6.67. The standard InChI is InChI=1S/C26H24IN5O3/c27-20-7-5-18(6-8-20)24-29-26(35-30-24)31-13-11-22(12-14-31)32(21-9-10-21)25(33)19-3-1-17(2-4-19)23-15-28-16-34-23/h1-8,15-16,21-22H,9-14H2. The third kappa shape index (κ3) is 4.69. The second kappa shape index (κ2) is 9.44. The van der Waals surface area contributed by atoms with E-state index in [1.807, 2.05) is 48.5 Å². The number of hydrogen-bond donors (Lipinski definition) is 0. The highest BCUT2D eigenvalue weighted by atomic mass is 127. The Hall–Kier alpha value is -3.21. The number of amides is 1. The Bertz CT molecular complexity index is 1290. The maximum absolute atomic E-state index is 13.5. The number of nitrogens with zero attached hydrogens (tertiary/aromatic N) is 5. The Balaban J connectivity index is 1.12. The molecule has 2 aliphatic rings. The fourth-order valence-electron chi connectivity index (χ4n) is 4.66. The van der Waals surface area contributed by atoms with Gasteiger partial charge in [0.2, 0.25) is 5.82 Å². The molecule has 3 heterocycles. The van der Waals surface area contributed by atoms with Crippen LogP contribution in [0.2, 0.25) is 0 Å². The highest BCUT2D eigenvalue weighted by Gasteiger charge is 2.39. The SMILES string of the molecule is O=C(c1ccc(-c2cnco2)cc1)N(C1CC1)C1CCN(c2nc(-c3ccc(I)cc3)no2)CC1. The number of carbonyl (C=O) groups excluding carboxylic acids is 1. The molecule has 9 heteroatoms. The molecule has 1 aliphatic carbocycles. The minimum Gasteiger partial charge on any atom is -0.444 e. The first-order valence-electron chi connectivity index (χ1n) is 11.8. The average molecular weight is 581 g/mol. The van der Waals surface area contributed by atoms with Crippen molar-refractivity contribution in [3.05, 3.63) is 70.3 Å². The molecule has 2 aromatic heterocycles. The van der Waals surface area contributed by atoms with E-state index in [0.717, 1.165) is 53.5 Å². The van der Waals surface area contributed by atoms with E-state index in [-0.39, 0.29) is 11.9 Å². The lowest BCUT2D eigenvalue weighted by atomic mass is 10.0. The average Bonchev–Trinajstić information content (AvgIpc) is 3.35. The Kier molecular flexibility index (Phi) is 6.01. The Morgan fingerprint density at radius 3 is 2.29 bits per heavy atom. The van der Waals surface area contributed by atoms with Gasteiger partial charge >= 0.3 is 6.01 Å². The van der Waals surface area contributed by atoms with Crippen molar-refractivity contribution < 1.29 is 13.7 Å². The van der Waals surface area contributed by atoms with Gasteiger partial charge in [-0.05, 0) is 72.5 Å². The molecule has 1 aliphatic heterocycles. The van der Waals surface area contributed by atoms with Gasteiger partial charge in [0.05, 0.1) is 6.20 Å². The van der Waals surface area contributed by atoms with Gasteiger partial charge in [0.15, 0.2) is 12.2 Å². The Labute approximate surface area is 216 Å². The van der Waals surface area contributed by atoms with E-state index in [0.29, 0.717) is 29.2 Å². The summed E-state index contributed by atoms with van der Waals surface area (Å²) in [6, 6.07) is 16.8. The van der Waals surface area contributed by atoms with Crippen molar-refractivity contribution in [3.8, 4) is 22.7 Å². The lowest BCUT2D eigenvalue weighted by Gasteiger charge is -2.38. The number of hydrogen-bond acceptors (Lipinski definition) is 7. The number of aromatic nitrogens is 3. The second-order valence-corrected chi connectivity index (χ2v) is 10.3. The van der Waals surface area contributed by atoms with Crippen LogP contribution >= 0.6 is 22.6 Å². The summed E-state index contributed by atoms with van der Waals surface area (Å²) in [5, 5.41) is 4.17. The fourth-order valence-corrected chi connectivity index (χ4v) is 5.02. The number of halogens is 1. The van der Waals surface area contributed by atoms with Crippen LogP contribution in [0, 0.1) is 3.57 Å². The zero-order chi connectivity index (χ0) is 23.8. The number of piperidine rings is 1. The largest absolute Gasteiger partial charge is 0.444 e. The van der Waals surface area contributed by atoms with Crippen molar-refractivity contribution in [2.24, 2.45) is 0 Å². The molecule has 2 fully saturated rings. The van der Waals surface area contributed by atoms with Gasteiger partial charge in [0, 0.05) is 45.4 Å². The summed E-state index contributed by atoms with van der Waals surface area (Å²) >= 11 is 2.28. The number of carbonyl (C=O) groups is 1. The van der Waals surface area contributed by atoms with Crippen molar-refractivity contribution in [3.63, 3.8) is 0 Å². The van der Waals surface area contributed by atoms with Crippen LogP contribution in [0.25, 0.3) is 22.7 Å². The number of anilines is 1. The number of oxazole rings is 1. The minimum absolute atomic E-state index is 0.105. The molecule has 2 aromatic carbocycles. The normalized spacial score (nSPS) is 16.4. The zero-order valence-electron chi connectivity index (χ0n) is 19.0. The molecule has 1 amide bonds. The summed E-state index contributed by atoms with van der Waals surface area (Å²) in [6.07, 6.45) is 6.98. The smallest absolute Gasteiger partial charge is 0.324 e. The van der Waals surface area contributed by atoms with Crippen molar-refractivity contribution in [1.82, 2.24) is 20.0 Å². The van der Waals surface area contributed by atoms with Crippen LogP contribution in [0.15, 0.2) is 70.1 Å². The monoisotopic (exact) mass is 581 g/mol. The molecule has 6 rings (SSSR count). The van der Waals surface area contributed by atoms with Gasteiger partial charge in [-0.25, -0.2) is 4.98 Å². The van der Waals surface area contributed by atoms with Crippen LogP contribution in [-0.2, 0) is 0 Å². The molecule has 8 nitrogen and oxygen atoms in total. The molecule has 178 valence electrons. The predicted octanol–water partition coefficient (Wildman–Crippen LogP) is 5.27. The van der Waals surface area contributed by atoms with E-state index >= 15 is 0 Å². The predicted molar refractivity (Wildman–Crippen MR) is 139 cm³/mol. The lowest BCUT2D eigenvalue weighted by Crippen LogP contribution is -2.48. The molecule has 1 saturated heterocycles. The van der Waals surface area contributed by atoms with Gasteiger partial charge in [-0.2, -0.15) is 4.98 Å². The van der Waals surface area contributed by atoms with E-state index in [9.17, 15) is 4.79 Å². The highest BCUT2D eigenvalue weighted by molar-refractivity contribution is 14.1. The molecule has 0 radical (unpaired) electrons. The van der Waals surface area contributed by atoms with E-state index in [1.165, 1.54) is 6.39 Å². The van der Waals surface area contributed by atoms with Crippen molar-refractivity contribution in [2.45, 2.75) is 37.8 Å². The number of rotatable bonds is 6. The minimum atomic E-state index is 0.105. The Morgan fingerprint density at radius 1 is 0.943 bits per heavy atom. The van der Waals surface area contributed by atoms with Crippen LogP contribution in [-0.4, -0.2) is 51.1 Å². The van der Waals surface area contributed by atoms with Crippen LogP contribution in [0.1, 0.15) is 36.0 Å². The maximum Gasteiger partial charge on any atom is 0.324 e. The molecule has 1 saturated carbocycles. The lowest BCUT2D eigenvalue weighted by molar-refractivity contribution is 0.0629. The van der Waals surface area contributed by atoms with Gasteiger partial charge in [-0.15, -0.1) is 0 Å². The maximum atomic E-state index is 13.5. The van der Waals surface area contributed by atoms with Crippen LogP contribution in [0.5, 0.6) is 0 Å². The Morgan fingerprint density at radius 2 is 1.63 bits per heavy atom. The summed E-state index contributed by atoms with van der Waals surface area (Å²) in [6.45, 7) is 1.56. The summed E-state index contributed by atoms with van der Waals surface area (Å²) in [4.78, 5) is 26.3. The van der Waals surface area contributed by atoms with E-state index in [4.69, 9.17) is 8.94 Å². The van der Waals surface area contributed by atoms with E-state index in [2.05, 4.69) is 47.5 Å².